The monoisotopic (exact) mass is 516 g/mol. The normalized spacial score (nSPS) is 15.1. The van der Waals surface area contributed by atoms with Crippen LogP contribution in [0.2, 0.25) is 5.02 Å². The Morgan fingerprint density at radius 2 is 1.83 bits per heavy atom. The van der Waals surface area contributed by atoms with E-state index in [-0.39, 0.29) is 40.6 Å². The fraction of sp³-hybridized carbons (Fsp3) is 0.200. The number of carbonyl (C=O) groups excluding carboxylic acids is 2. The Hall–Kier alpha value is -3.27. The Balaban J connectivity index is 1.32. The van der Waals surface area contributed by atoms with E-state index < -0.39 is 21.8 Å². The lowest BCUT2D eigenvalue weighted by molar-refractivity contribution is -0.122. The molecule has 0 aromatic heterocycles. The molecule has 0 saturated heterocycles. The Morgan fingerprint density at radius 1 is 1.11 bits per heavy atom. The van der Waals surface area contributed by atoms with Crippen molar-refractivity contribution in [2.24, 2.45) is 0 Å². The Morgan fingerprint density at radius 3 is 2.54 bits per heavy atom. The molecule has 0 spiro atoms. The van der Waals surface area contributed by atoms with Crippen molar-refractivity contribution in [1.82, 2.24) is 4.72 Å². The number of nitrogens with zero attached hydrogens (tertiary/aromatic N) is 1. The van der Waals surface area contributed by atoms with Crippen LogP contribution < -0.4 is 9.62 Å². The highest BCUT2D eigenvalue weighted by molar-refractivity contribution is 7.89. The highest BCUT2D eigenvalue weighted by Gasteiger charge is 2.31. The van der Waals surface area contributed by atoms with Gasteiger partial charge in [0.2, 0.25) is 10.0 Å². The number of hydrogen-bond donors (Lipinski definition) is 1. The minimum Gasteiger partial charge on any atom is -0.452 e. The van der Waals surface area contributed by atoms with Crippen molar-refractivity contribution in [2.75, 3.05) is 11.5 Å². The summed E-state index contributed by atoms with van der Waals surface area (Å²) in [7, 11) is -3.91. The van der Waals surface area contributed by atoms with Crippen LogP contribution in [-0.4, -0.2) is 32.9 Å². The van der Waals surface area contributed by atoms with Crippen LogP contribution >= 0.6 is 11.6 Å². The van der Waals surface area contributed by atoms with Gasteiger partial charge in [0.1, 0.15) is 5.82 Å². The topological polar surface area (TPSA) is 92.8 Å². The van der Waals surface area contributed by atoms with Crippen molar-refractivity contribution in [3.05, 3.63) is 94.3 Å². The van der Waals surface area contributed by atoms with E-state index in [4.69, 9.17) is 16.3 Å². The van der Waals surface area contributed by atoms with Gasteiger partial charge < -0.3 is 9.64 Å². The Kier molecular flexibility index (Phi) is 7.20. The maximum atomic E-state index is 13.3. The third kappa shape index (κ3) is 5.53. The SMILES string of the molecule is C[C@@H]1Cc2ccccc2N1C(=O)COC(=O)c1ccc(CNS(=O)(=O)c2ccc(F)c(Cl)c2)cc1. The van der Waals surface area contributed by atoms with Crippen molar-refractivity contribution in [1.29, 1.82) is 0 Å². The summed E-state index contributed by atoms with van der Waals surface area (Å²) in [5.74, 6) is -1.68. The summed E-state index contributed by atoms with van der Waals surface area (Å²) in [6.07, 6.45) is 0.745. The Labute approximate surface area is 207 Å². The van der Waals surface area contributed by atoms with Crippen LogP contribution in [0, 0.1) is 5.82 Å². The zero-order chi connectivity index (χ0) is 25.2. The molecule has 1 N–H and O–H groups in total. The molecule has 1 amide bonds. The van der Waals surface area contributed by atoms with Crippen LogP contribution in [0.15, 0.2) is 71.6 Å². The molecule has 0 radical (unpaired) electrons. The molecule has 1 atom stereocenters. The van der Waals surface area contributed by atoms with E-state index in [2.05, 4.69) is 4.72 Å². The third-order valence-corrected chi connectivity index (χ3v) is 7.35. The molecule has 1 heterocycles. The van der Waals surface area contributed by atoms with Gasteiger partial charge in [0.05, 0.1) is 15.5 Å². The number of para-hydroxylation sites is 1. The average molecular weight is 517 g/mol. The second-order valence-electron chi connectivity index (χ2n) is 8.12. The molecule has 0 saturated carbocycles. The fourth-order valence-electron chi connectivity index (χ4n) is 3.89. The van der Waals surface area contributed by atoms with Crippen LogP contribution in [0.4, 0.5) is 10.1 Å². The highest BCUT2D eigenvalue weighted by Crippen LogP contribution is 2.31. The molecule has 4 rings (SSSR count). The van der Waals surface area contributed by atoms with E-state index in [1.165, 1.54) is 12.1 Å². The number of sulfonamides is 1. The summed E-state index contributed by atoms with van der Waals surface area (Å²) in [5.41, 5.74) is 2.71. The second kappa shape index (κ2) is 10.2. The average Bonchev–Trinajstić information content (AvgIpc) is 3.18. The number of anilines is 1. The van der Waals surface area contributed by atoms with Gasteiger partial charge in [0.15, 0.2) is 6.61 Å². The molecule has 1 aliphatic heterocycles. The van der Waals surface area contributed by atoms with E-state index in [1.54, 1.807) is 17.0 Å². The van der Waals surface area contributed by atoms with Gasteiger partial charge in [-0.3, -0.25) is 4.79 Å². The lowest BCUT2D eigenvalue weighted by atomic mass is 10.1. The highest BCUT2D eigenvalue weighted by atomic mass is 35.5. The number of carbonyl (C=O) groups is 2. The van der Waals surface area contributed by atoms with Crippen molar-refractivity contribution in [3.8, 4) is 0 Å². The molecule has 35 heavy (non-hydrogen) atoms. The van der Waals surface area contributed by atoms with E-state index in [9.17, 15) is 22.4 Å². The number of hydrogen-bond acceptors (Lipinski definition) is 5. The number of halogens is 2. The molecule has 7 nitrogen and oxygen atoms in total. The first-order chi connectivity index (χ1) is 16.7. The maximum Gasteiger partial charge on any atom is 0.338 e. The molecule has 182 valence electrons. The van der Waals surface area contributed by atoms with Crippen LogP contribution in [0.5, 0.6) is 0 Å². The molecule has 3 aromatic carbocycles. The summed E-state index contributed by atoms with van der Waals surface area (Å²) in [5, 5.41) is -0.294. The smallest absolute Gasteiger partial charge is 0.338 e. The van der Waals surface area contributed by atoms with Gasteiger partial charge in [-0.2, -0.15) is 0 Å². The molecular weight excluding hydrogens is 495 g/mol. The maximum absolute atomic E-state index is 13.3. The largest absolute Gasteiger partial charge is 0.452 e. The minimum absolute atomic E-state index is 0.0207. The summed E-state index contributed by atoms with van der Waals surface area (Å²) in [4.78, 5) is 26.6. The summed E-state index contributed by atoms with van der Waals surface area (Å²) < 4.78 is 45.7. The molecular formula is C25H22ClFN2O5S. The van der Waals surface area contributed by atoms with Crippen molar-refractivity contribution < 1.29 is 27.1 Å². The van der Waals surface area contributed by atoms with E-state index >= 15 is 0 Å². The van der Waals surface area contributed by atoms with Crippen LogP contribution in [0.25, 0.3) is 0 Å². The number of rotatable bonds is 7. The summed E-state index contributed by atoms with van der Waals surface area (Å²) >= 11 is 5.66. The predicted octanol–water partition coefficient (Wildman–Crippen LogP) is 4.09. The van der Waals surface area contributed by atoms with Gasteiger partial charge >= 0.3 is 5.97 Å². The number of benzene rings is 3. The number of ether oxygens (including phenoxy) is 1. The summed E-state index contributed by atoms with van der Waals surface area (Å²) in [6, 6.07) is 16.8. The van der Waals surface area contributed by atoms with Crippen LogP contribution in [-0.2, 0) is 32.5 Å². The number of fused-ring (bicyclic) bond motifs is 1. The molecule has 0 unspecified atom stereocenters. The zero-order valence-corrected chi connectivity index (χ0v) is 20.3. The number of amides is 1. The molecule has 0 fully saturated rings. The predicted molar refractivity (Wildman–Crippen MR) is 129 cm³/mol. The molecule has 10 heteroatoms. The lowest BCUT2D eigenvalue weighted by Gasteiger charge is -2.22. The fourth-order valence-corrected chi connectivity index (χ4v) is 5.18. The molecule has 1 aliphatic rings. The standard InChI is InChI=1S/C25H22ClFN2O5S/c1-16-12-19-4-2-3-5-23(19)29(16)24(30)15-34-25(31)18-8-6-17(7-9-18)14-28-35(32,33)20-10-11-22(27)21(26)13-20/h2-11,13,16,28H,12,14-15H2,1H3/t16-/m1/s1. The van der Waals surface area contributed by atoms with Crippen molar-refractivity contribution in [3.63, 3.8) is 0 Å². The number of esters is 1. The molecule has 3 aromatic rings. The van der Waals surface area contributed by atoms with E-state index in [0.29, 0.717) is 5.56 Å². The van der Waals surface area contributed by atoms with Gasteiger partial charge in [-0.25, -0.2) is 22.3 Å². The first kappa shape index (κ1) is 24.8. The number of nitrogens with one attached hydrogen (secondary N) is 1. The summed E-state index contributed by atoms with van der Waals surface area (Å²) in [6.45, 7) is 1.49. The zero-order valence-electron chi connectivity index (χ0n) is 18.7. The lowest BCUT2D eigenvalue weighted by Crippen LogP contribution is -2.38. The van der Waals surface area contributed by atoms with Gasteiger partial charge in [0.25, 0.3) is 5.91 Å². The van der Waals surface area contributed by atoms with Gasteiger partial charge in [-0.1, -0.05) is 41.9 Å². The second-order valence-corrected chi connectivity index (χ2v) is 10.3. The van der Waals surface area contributed by atoms with E-state index in [0.717, 1.165) is 35.9 Å². The minimum atomic E-state index is -3.91. The third-order valence-electron chi connectivity index (χ3n) is 5.66. The van der Waals surface area contributed by atoms with Gasteiger partial charge in [-0.05, 0) is 60.9 Å². The quantitative estimate of drug-likeness (QED) is 0.477. The van der Waals surface area contributed by atoms with Crippen LogP contribution in [0.3, 0.4) is 0 Å². The van der Waals surface area contributed by atoms with Crippen LogP contribution in [0.1, 0.15) is 28.4 Å². The van der Waals surface area contributed by atoms with E-state index in [1.807, 2.05) is 31.2 Å². The van der Waals surface area contributed by atoms with Crippen molar-refractivity contribution >= 4 is 39.2 Å². The van der Waals surface area contributed by atoms with Crippen molar-refractivity contribution in [2.45, 2.75) is 30.8 Å². The van der Waals surface area contributed by atoms with Gasteiger partial charge in [0, 0.05) is 18.3 Å². The first-order valence-corrected chi connectivity index (χ1v) is 12.6. The Bertz CT molecular complexity index is 1380. The molecule has 0 bridgehead atoms. The first-order valence-electron chi connectivity index (χ1n) is 10.8. The van der Waals surface area contributed by atoms with Gasteiger partial charge in [-0.15, -0.1) is 0 Å². The molecule has 0 aliphatic carbocycles.